The molecule has 0 radical (unpaired) electrons. The number of H-pyrrole nitrogens is 2. The molecule has 1 fully saturated rings. The fourth-order valence-corrected chi connectivity index (χ4v) is 4.90. The zero-order valence-corrected chi connectivity index (χ0v) is 19.6. The van der Waals surface area contributed by atoms with Gasteiger partial charge in [-0.2, -0.15) is 4.98 Å². The topological polar surface area (TPSA) is 226 Å². The van der Waals surface area contributed by atoms with Crippen LogP contribution in [0.2, 0.25) is 0 Å². The molecule has 0 aliphatic carbocycles. The van der Waals surface area contributed by atoms with E-state index in [9.17, 15) is 34.4 Å². The van der Waals surface area contributed by atoms with Gasteiger partial charge in [-0.3, -0.25) is 23.9 Å². The number of aromatic amines is 2. The summed E-state index contributed by atoms with van der Waals surface area (Å²) in [5.74, 6) is -0.264. The molecule has 186 valence electrons. The number of imidazole rings is 1. The SMILES string of the molecule is CCC(CC)(CC1O[C@@H](n2c(=O)[nH]c3c(=O)[nH]c(N)nc32)[C@H](O)C1O)OP(=O)(O)C(C)(C)O. The average molecular weight is 491 g/mol. The van der Waals surface area contributed by atoms with Gasteiger partial charge in [-0.1, -0.05) is 13.8 Å². The summed E-state index contributed by atoms with van der Waals surface area (Å²) in [6, 6.07) is 0. The Bertz CT molecular complexity index is 1180. The number of nitrogen functional groups attached to an aromatic ring is 1. The van der Waals surface area contributed by atoms with Crippen LogP contribution in [0.1, 0.15) is 53.2 Å². The van der Waals surface area contributed by atoms with Gasteiger partial charge in [0.05, 0.1) is 11.7 Å². The van der Waals surface area contributed by atoms with Crippen LogP contribution in [0.15, 0.2) is 9.59 Å². The summed E-state index contributed by atoms with van der Waals surface area (Å²) in [4.78, 5) is 43.4. The number of aliphatic hydroxyl groups is 3. The Labute approximate surface area is 187 Å². The summed E-state index contributed by atoms with van der Waals surface area (Å²) in [6.45, 7) is 5.70. The monoisotopic (exact) mass is 491 g/mol. The van der Waals surface area contributed by atoms with Crippen LogP contribution in [0.4, 0.5) is 5.95 Å². The maximum absolute atomic E-state index is 12.6. The number of ether oxygens (including phenoxy) is 1. The van der Waals surface area contributed by atoms with Gasteiger partial charge in [0.25, 0.3) is 5.56 Å². The molecule has 0 aromatic carbocycles. The van der Waals surface area contributed by atoms with Crippen LogP contribution >= 0.6 is 7.60 Å². The predicted molar refractivity (Wildman–Crippen MR) is 116 cm³/mol. The summed E-state index contributed by atoms with van der Waals surface area (Å²) in [5.41, 5.74) is 2.39. The van der Waals surface area contributed by atoms with Gasteiger partial charge < -0.3 is 30.7 Å². The first-order valence-corrected chi connectivity index (χ1v) is 12.0. The molecule has 8 N–H and O–H groups in total. The van der Waals surface area contributed by atoms with Crippen molar-refractivity contribution in [1.82, 2.24) is 19.5 Å². The van der Waals surface area contributed by atoms with Crippen molar-refractivity contribution in [3.05, 3.63) is 20.8 Å². The summed E-state index contributed by atoms with van der Waals surface area (Å²) in [5, 5.41) is 29.3. The first-order valence-electron chi connectivity index (χ1n) is 10.4. The van der Waals surface area contributed by atoms with E-state index in [1.165, 1.54) is 0 Å². The molecule has 14 nitrogen and oxygen atoms in total. The molecular formula is C18H30N5O9P. The van der Waals surface area contributed by atoms with Crippen LogP contribution < -0.4 is 17.0 Å². The lowest BCUT2D eigenvalue weighted by molar-refractivity contribution is -0.0754. The second kappa shape index (κ2) is 8.62. The number of aliphatic hydroxyl groups excluding tert-OH is 2. The van der Waals surface area contributed by atoms with Gasteiger partial charge in [0.1, 0.15) is 12.2 Å². The normalized spacial score (nSPS) is 26.1. The van der Waals surface area contributed by atoms with E-state index in [1.807, 2.05) is 0 Å². The van der Waals surface area contributed by atoms with Gasteiger partial charge in [0.15, 0.2) is 22.7 Å². The summed E-state index contributed by atoms with van der Waals surface area (Å²) in [6.07, 6.45) is -5.36. The van der Waals surface area contributed by atoms with Crippen LogP contribution in [0, 0.1) is 0 Å². The third-order valence-corrected chi connectivity index (χ3v) is 8.08. The van der Waals surface area contributed by atoms with Gasteiger partial charge in [-0.25, -0.2) is 9.36 Å². The minimum Gasteiger partial charge on any atom is -0.388 e. The first-order chi connectivity index (χ1) is 15.2. The zero-order valence-electron chi connectivity index (χ0n) is 18.7. The van der Waals surface area contributed by atoms with Crippen molar-refractivity contribution in [3.63, 3.8) is 0 Å². The van der Waals surface area contributed by atoms with Gasteiger partial charge in [0.2, 0.25) is 5.95 Å². The highest BCUT2D eigenvalue weighted by Crippen LogP contribution is 2.58. The number of rotatable bonds is 8. The van der Waals surface area contributed by atoms with E-state index in [4.69, 9.17) is 15.0 Å². The number of anilines is 1. The van der Waals surface area contributed by atoms with E-state index in [1.54, 1.807) is 13.8 Å². The summed E-state index contributed by atoms with van der Waals surface area (Å²) >= 11 is 0. The second-order valence-corrected chi connectivity index (χ2v) is 11.0. The molecule has 1 saturated heterocycles. The lowest BCUT2D eigenvalue weighted by atomic mass is 9.88. The molecule has 2 aromatic heterocycles. The molecule has 0 amide bonds. The minimum atomic E-state index is -4.50. The molecule has 3 rings (SSSR count). The van der Waals surface area contributed by atoms with Crippen LogP contribution in [0.25, 0.3) is 11.2 Å². The van der Waals surface area contributed by atoms with Crippen molar-refractivity contribution >= 4 is 24.7 Å². The number of hydrogen-bond acceptors (Lipinski definition) is 10. The van der Waals surface area contributed by atoms with Gasteiger partial charge in [-0.05, 0) is 26.7 Å². The molecule has 1 aliphatic heterocycles. The van der Waals surface area contributed by atoms with E-state index in [0.29, 0.717) is 0 Å². The van der Waals surface area contributed by atoms with Crippen molar-refractivity contribution in [2.24, 2.45) is 0 Å². The lowest BCUT2D eigenvalue weighted by Crippen LogP contribution is -2.41. The third kappa shape index (κ3) is 4.52. The maximum atomic E-state index is 12.6. The van der Waals surface area contributed by atoms with Crippen molar-refractivity contribution < 1.29 is 34.0 Å². The van der Waals surface area contributed by atoms with Gasteiger partial charge in [0, 0.05) is 6.42 Å². The molecule has 2 aromatic rings. The molecule has 5 atom stereocenters. The molecular weight excluding hydrogens is 461 g/mol. The molecule has 33 heavy (non-hydrogen) atoms. The van der Waals surface area contributed by atoms with E-state index < -0.39 is 54.3 Å². The van der Waals surface area contributed by atoms with Crippen molar-refractivity contribution in [2.75, 3.05) is 5.73 Å². The standard InChI is InChI=1S/C18H30N5O9P/c1-5-18(6-2,32-33(29,30)17(3,4)28)7-8-10(24)11(25)14(31-8)23-12-9(20-16(23)27)13(26)22-15(19)21-12/h8,10-11,14,24-25,28H,5-7H2,1-4H3,(H,20,27)(H,29,30)(H3,19,21,22,26)/t8?,10?,11-,14-/m1/s1. The second-order valence-electron chi connectivity index (χ2n) is 8.70. The predicted octanol–water partition coefficient (Wildman–Crippen LogP) is -0.506. The number of aromatic nitrogens is 4. The largest absolute Gasteiger partial charge is 0.388 e. The maximum Gasteiger partial charge on any atom is 0.359 e. The Morgan fingerprint density at radius 2 is 1.82 bits per heavy atom. The Morgan fingerprint density at radius 1 is 1.21 bits per heavy atom. The molecule has 3 heterocycles. The van der Waals surface area contributed by atoms with E-state index in [2.05, 4.69) is 15.0 Å². The molecule has 1 aliphatic rings. The minimum absolute atomic E-state index is 0.136. The highest BCUT2D eigenvalue weighted by atomic mass is 31.2. The number of nitrogens with zero attached hydrogens (tertiary/aromatic N) is 2. The Hall–Kier alpha value is -2.06. The number of nitrogens with two attached hydrogens (primary N) is 1. The number of nitrogens with one attached hydrogen (secondary N) is 2. The van der Waals surface area contributed by atoms with Crippen molar-refractivity contribution in [1.29, 1.82) is 0 Å². The lowest BCUT2D eigenvalue weighted by Gasteiger charge is -2.38. The first kappa shape index (κ1) is 25.6. The fraction of sp³-hybridized carbons (Fsp3) is 0.722. The van der Waals surface area contributed by atoms with E-state index in [-0.39, 0.29) is 36.4 Å². The van der Waals surface area contributed by atoms with Gasteiger partial charge in [-0.15, -0.1) is 0 Å². The van der Waals surface area contributed by atoms with Crippen LogP contribution in [0.5, 0.6) is 0 Å². The van der Waals surface area contributed by atoms with Crippen LogP contribution in [0.3, 0.4) is 0 Å². The Kier molecular flexibility index (Phi) is 6.68. The highest BCUT2D eigenvalue weighted by molar-refractivity contribution is 7.54. The third-order valence-electron chi connectivity index (χ3n) is 6.06. The summed E-state index contributed by atoms with van der Waals surface area (Å²) < 4.78 is 24.8. The summed E-state index contributed by atoms with van der Waals surface area (Å²) in [7, 11) is -4.50. The smallest absolute Gasteiger partial charge is 0.359 e. The average Bonchev–Trinajstić information content (AvgIpc) is 3.17. The number of hydrogen-bond donors (Lipinski definition) is 7. The van der Waals surface area contributed by atoms with Gasteiger partial charge >= 0.3 is 13.3 Å². The number of fused-ring (bicyclic) bond motifs is 1. The molecule has 0 saturated carbocycles. The molecule has 0 bridgehead atoms. The Morgan fingerprint density at radius 3 is 2.36 bits per heavy atom. The Balaban J connectivity index is 1.96. The van der Waals surface area contributed by atoms with Crippen molar-refractivity contribution in [3.8, 4) is 0 Å². The molecule has 0 spiro atoms. The van der Waals surface area contributed by atoms with E-state index in [0.717, 1.165) is 18.4 Å². The van der Waals surface area contributed by atoms with Crippen LogP contribution in [-0.4, -0.2) is 69.0 Å². The quantitative estimate of drug-likeness (QED) is 0.233. The molecule has 3 unspecified atom stereocenters. The fourth-order valence-electron chi connectivity index (χ4n) is 3.82. The zero-order chi connectivity index (χ0) is 24.9. The highest BCUT2D eigenvalue weighted by Gasteiger charge is 2.51. The molecule has 15 heteroatoms. The van der Waals surface area contributed by atoms with Crippen molar-refractivity contribution in [2.45, 2.75) is 82.4 Å². The van der Waals surface area contributed by atoms with Crippen LogP contribution in [-0.2, 0) is 13.8 Å². The van der Waals surface area contributed by atoms with E-state index >= 15 is 0 Å².